The van der Waals surface area contributed by atoms with Crippen LogP contribution < -0.4 is 11.2 Å². The molecule has 0 saturated heterocycles. The Labute approximate surface area is 108 Å². The predicted octanol–water partition coefficient (Wildman–Crippen LogP) is -1.07. The van der Waals surface area contributed by atoms with Gasteiger partial charge in [-0.2, -0.15) is 0 Å². The zero-order valence-corrected chi connectivity index (χ0v) is 10.4. The molecule has 0 bridgehead atoms. The number of amides is 1. The van der Waals surface area contributed by atoms with Crippen LogP contribution in [-0.2, 0) is 16.0 Å². The van der Waals surface area contributed by atoms with Gasteiger partial charge in [-0.3, -0.25) is 19.4 Å². The molecular weight excluding hydrogens is 254 g/mol. The molecule has 0 saturated carbocycles. The second-order valence-corrected chi connectivity index (χ2v) is 4.10. The van der Waals surface area contributed by atoms with E-state index < -0.39 is 17.2 Å². The highest BCUT2D eigenvalue weighted by Gasteiger charge is 2.11. The molecule has 0 fully saturated rings. The number of aromatic nitrogens is 2. The molecular formula is C11H15N3O5. The van der Waals surface area contributed by atoms with Crippen molar-refractivity contribution in [2.24, 2.45) is 0 Å². The number of H-pyrrole nitrogens is 2. The largest absolute Gasteiger partial charge is 0.481 e. The lowest BCUT2D eigenvalue weighted by Crippen LogP contribution is -2.31. The first-order valence-electron chi connectivity index (χ1n) is 5.67. The maximum Gasteiger partial charge on any atom is 0.325 e. The van der Waals surface area contributed by atoms with Crippen molar-refractivity contribution in [3.63, 3.8) is 0 Å². The summed E-state index contributed by atoms with van der Waals surface area (Å²) in [5, 5.41) is 8.48. The van der Waals surface area contributed by atoms with Crippen LogP contribution in [0.3, 0.4) is 0 Å². The van der Waals surface area contributed by atoms with E-state index in [0.717, 1.165) is 6.07 Å². The highest BCUT2D eigenvalue weighted by Crippen LogP contribution is 1.98. The maximum absolute atomic E-state index is 11.8. The van der Waals surface area contributed by atoms with Crippen LogP contribution in [0.25, 0.3) is 0 Å². The van der Waals surface area contributed by atoms with E-state index in [-0.39, 0.29) is 24.4 Å². The fraction of sp³-hybridized carbons (Fsp3) is 0.455. The normalized spacial score (nSPS) is 10.2. The van der Waals surface area contributed by atoms with Crippen molar-refractivity contribution < 1.29 is 14.7 Å². The molecule has 8 nitrogen and oxygen atoms in total. The fourth-order valence-electron chi connectivity index (χ4n) is 1.50. The van der Waals surface area contributed by atoms with E-state index in [4.69, 9.17) is 5.11 Å². The monoisotopic (exact) mass is 269 g/mol. The number of aromatic amines is 2. The van der Waals surface area contributed by atoms with E-state index in [0.29, 0.717) is 13.0 Å². The molecule has 1 aromatic rings. The van der Waals surface area contributed by atoms with Crippen molar-refractivity contribution >= 4 is 11.9 Å². The number of hydrogen-bond donors (Lipinski definition) is 3. The van der Waals surface area contributed by atoms with Gasteiger partial charge in [0.2, 0.25) is 5.91 Å². The van der Waals surface area contributed by atoms with Crippen molar-refractivity contribution in [1.29, 1.82) is 0 Å². The van der Waals surface area contributed by atoms with E-state index in [1.165, 1.54) is 11.9 Å². The highest BCUT2D eigenvalue weighted by atomic mass is 16.4. The number of hydrogen-bond acceptors (Lipinski definition) is 4. The van der Waals surface area contributed by atoms with Gasteiger partial charge in [0.1, 0.15) is 0 Å². The van der Waals surface area contributed by atoms with Gasteiger partial charge in [-0.25, -0.2) is 4.79 Å². The second-order valence-electron chi connectivity index (χ2n) is 4.10. The van der Waals surface area contributed by atoms with Crippen molar-refractivity contribution in [2.75, 3.05) is 13.6 Å². The number of carbonyl (C=O) groups is 2. The molecule has 3 N–H and O–H groups in total. The van der Waals surface area contributed by atoms with Gasteiger partial charge in [0, 0.05) is 31.8 Å². The average molecular weight is 269 g/mol. The van der Waals surface area contributed by atoms with Gasteiger partial charge in [0.15, 0.2) is 0 Å². The van der Waals surface area contributed by atoms with Crippen LogP contribution in [0.2, 0.25) is 0 Å². The Morgan fingerprint density at radius 3 is 2.58 bits per heavy atom. The van der Waals surface area contributed by atoms with Crippen molar-refractivity contribution in [1.82, 2.24) is 14.9 Å². The Morgan fingerprint density at radius 1 is 1.32 bits per heavy atom. The number of nitrogens with zero attached hydrogens (tertiary/aromatic N) is 1. The summed E-state index contributed by atoms with van der Waals surface area (Å²) in [5.41, 5.74) is -1.01. The molecule has 0 radical (unpaired) electrons. The summed E-state index contributed by atoms with van der Waals surface area (Å²) in [7, 11) is 1.54. The summed E-state index contributed by atoms with van der Waals surface area (Å²) < 4.78 is 0. The molecule has 1 heterocycles. The second kappa shape index (κ2) is 6.53. The minimum absolute atomic E-state index is 0.0144. The lowest BCUT2D eigenvalue weighted by molar-refractivity contribution is -0.138. The number of carboxylic acids is 1. The molecule has 19 heavy (non-hydrogen) atoms. The third kappa shape index (κ3) is 5.19. The van der Waals surface area contributed by atoms with E-state index in [1.54, 1.807) is 0 Å². The summed E-state index contributed by atoms with van der Waals surface area (Å²) in [6.45, 7) is 0.304. The Hall–Kier alpha value is -2.38. The zero-order chi connectivity index (χ0) is 14.4. The smallest absolute Gasteiger partial charge is 0.325 e. The number of aliphatic carboxylic acids is 1. The summed E-state index contributed by atoms with van der Waals surface area (Å²) >= 11 is 0. The molecule has 0 aromatic carbocycles. The Kier molecular flexibility index (Phi) is 5.04. The quantitative estimate of drug-likeness (QED) is 0.606. The maximum atomic E-state index is 11.8. The number of carbonyl (C=O) groups excluding carboxylic acids is 1. The van der Waals surface area contributed by atoms with Crippen LogP contribution in [0.5, 0.6) is 0 Å². The zero-order valence-electron chi connectivity index (χ0n) is 10.4. The number of nitrogens with one attached hydrogen (secondary N) is 2. The van der Waals surface area contributed by atoms with Crippen LogP contribution >= 0.6 is 0 Å². The minimum Gasteiger partial charge on any atom is -0.481 e. The molecule has 0 aliphatic carbocycles. The molecule has 1 aromatic heterocycles. The lowest BCUT2D eigenvalue weighted by atomic mass is 10.2. The number of likely N-dealkylation sites (N-methyl/N-ethyl adjacent to an activating group) is 1. The first kappa shape index (κ1) is 14.7. The summed E-state index contributed by atoms with van der Waals surface area (Å²) in [5.74, 6) is -1.22. The third-order valence-corrected chi connectivity index (χ3v) is 2.47. The highest BCUT2D eigenvalue weighted by molar-refractivity contribution is 5.78. The van der Waals surface area contributed by atoms with Gasteiger partial charge in [-0.05, 0) is 6.42 Å². The molecule has 0 spiro atoms. The molecule has 1 amide bonds. The van der Waals surface area contributed by atoms with Crippen LogP contribution in [0.1, 0.15) is 18.5 Å². The van der Waals surface area contributed by atoms with E-state index in [1.807, 2.05) is 4.98 Å². The van der Waals surface area contributed by atoms with Crippen LogP contribution in [-0.4, -0.2) is 45.4 Å². The van der Waals surface area contributed by atoms with Crippen LogP contribution in [0.15, 0.2) is 15.7 Å². The van der Waals surface area contributed by atoms with Gasteiger partial charge in [0.25, 0.3) is 5.56 Å². The fourth-order valence-corrected chi connectivity index (χ4v) is 1.50. The van der Waals surface area contributed by atoms with E-state index >= 15 is 0 Å². The van der Waals surface area contributed by atoms with Gasteiger partial charge in [-0.1, -0.05) is 0 Å². The first-order valence-corrected chi connectivity index (χ1v) is 5.67. The molecule has 0 atom stereocenters. The lowest BCUT2D eigenvalue weighted by Gasteiger charge is -2.16. The summed E-state index contributed by atoms with van der Waals surface area (Å²) in [6.07, 6.45) is 0.228. The molecule has 0 unspecified atom stereocenters. The van der Waals surface area contributed by atoms with Gasteiger partial charge < -0.3 is 15.0 Å². The molecule has 1 rings (SSSR count). The molecule has 0 aliphatic heterocycles. The van der Waals surface area contributed by atoms with Gasteiger partial charge in [0.05, 0.1) is 6.42 Å². The Morgan fingerprint density at radius 2 is 2.00 bits per heavy atom. The van der Waals surface area contributed by atoms with E-state index in [2.05, 4.69) is 4.98 Å². The predicted molar refractivity (Wildman–Crippen MR) is 65.9 cm³/mol. The summed E-state index contributed by atoms with van der Waals surface area (Å²) in [4.78, 5) is 49.9. The topological polar surface area (TPSA) is 123 Å². The third-order valence-electron chi connectivity index (χ3n) is 2.47. The Balaban J connectivity index is 2.56. The van der Waals surface area contributed by atoms with Crippen molar-refractivity contribution in [2.45, 2.75) is 19.3 Å². The van der Waals surface area contributed by atoms with Crippen molar-refractivity contribution in [3.05, 3.63) is 32.6 Å². The van der Waals surface area contributed by atoms with Crippen LogP contribution in [0.4, 0.5) is 0 Å². The number of carboxylic acid groups (broad SMARTS) is 1. The molecule has 8 heteroatoms. The minimum atomic E-state index is -0.917. The standard InChI is InChI=1S/C11H15N3O5/c1-14(4-2-3-10(17)18)9(16)6-7-5-8(15)13-11(19)12-7/h5H,2-4,6H2,1H3,(H,17,18)(H2,12,13,15,19). The summed E-state index contributed by atoms with van der Waals surface area (Å²) in [6, 6.07) is 1.14. The van der Waals surface area contributed by atoms with E-state index in [9.17, 15) is 19.2 Å². The average Bonchev–Trinajstić information content (AvgIpc) is 2.26. The van der Waals surface area contributed by atoms with Gasteiger partial charge in [-0.15, -0.1) is 0 Å². The SMILES string of the molecule is CN(CCCC(=O)O)C(=O)Cc1cc(=O)[nH]c(=O)[nH]1. The molecule has 0 aliphatic rings. The molecule has 104 valence electrons. The van der Waals surface area contributed by atoms with Crippen molar-refractivity contribution in [3.8, 4) is 0 Å². The van der Waals surface area contributed by atoms with Gasteiger partial charge >= 0.3 is 11.7 Å². The Bertz CT molecular complexity index is 546. The van der Waals surface area contributed by atoms with Crippen LogP contribution in [0, 0.1) is 0 Å². The first-order chi connectivity index (χ1) is 8.88. The number of rotatable bonds is 6.